The largest absolute Gasteiger partial charge is 0.490 e. The zero-order valence-electron chi connectivity index (χ0n) is 17.9. The van der Waals surface area contributed by atoms with Gasteiger partial charge in [0.2, 0.25) is 0 Å². The molecule has 0 spiro atoms. The topological polar surface area (TPSA) is 81.7 Å². The summed E-state index contributed by atoms with van der Waals surface area (Å²) in [6, 6.07) is 15.9. The quantitative estimate of drug-likeness (QED) is 0.345. The van der Waals surface area contributed by atoms with Crippen LogP contribution in [0.25, 0.3) is 0 Å². The van der Waals surface area contributed by atoms with Gasteiger partial charge in [-0.25, -0.2) is 0 Å². The number of hydrogen-bond donors (Lipinski definition) is 1. The molecule has 1 fully saturated rings. The Morgan fingerprint density at radius 1 is 1.13 bits per heavy atom. The molecule has 7 nitrogen and oxygen atoms in total. The van der Waals surface area contributed by atoms with E-state index in [-0.39, 0.29) is 0 Å². The van der Waals surface area contributed by atoms with Gasteiger partial charge in [0.1, 0.15) is 6.61 Å². The number of ether oxygens (including phenoxy) is 3. The Bertz CT molecular complexity index is 855. The van der Waals surface area contributed by atoms with E-state index in [1.54, 1.807) is 6.21 Å². The van der Waals surface area contributed by atoms with Gasteiger partial charge in [-0.15, -0.1) is 5.10 Å². The second-order valence-corrected chi connectivity index (χ2v) is 7.89. The molecule has 8 heteroatoms. The van der Waals surface area contributed by atoms with Crippen LogP contribution in [0.3, 0.4) is 0 Å². The van der Waals surface area contributed by atoms with Crippen LogP contribution in [0.1, 0.15) is 18.1 Å². The highest BCUT2D eigenvalue weighted by atomic mass is 32.2. The Morgan fingerprint density at radius 2 is 1.94 bits per heavy atom. The average Bonchev–Trinajstić information content (AvgIpc) is 2.81. The molecular formula is C23H30N4O3S. The van der Waals surface area contributed by atoms with Gasteiger partial charge in [-0.2, -0.15) is 5.10 Å². The van der Waals surface area contributed by atoms with Gasteiger partial charge in [-0.1, -0.05) is 42.1 Å². The molecule has 2 aromatic rings. The Balaban J connectivity index is 1.52. The number of amidine groups is 1. The fourth-order valence-corrected chi connectivity index (χ4v) is 3.63. The zero-order valence-corrected chi connectivity index (χ0v) is 18.7. The van der Waals surface area contributed by atoms with Gasteiger partial charge >= 0.3 is 0 Å². The Morgan fingerprint density at radius 3 is 2.71 bits per heavy atom. The van der Waals surface area contributed by atoms with Crippen molar-refractivity contribution in [3.8, 4) is 11.5 Å². The molecule has 0 saturated carbocycles. The highest BCUT2D eigenvalue weighted by Crippen LogP contribution is 2.28. The molecule has 2 N–H and O–H groups in total. The maximum Gasteiger partial charge on any atom is 0.180 e. The van der Waals surface area contributed by atoms with E-state index in [4.69, 9.17) is 19.9 Å². The fourth-order valence-electron chi connectivity index (χ4n) is 3.01. The third-order valence-corrected chi connectivity index (χ3v) is 5.48. The summed E-state index contributed by atoms with van der Waals surface area (Å²) in [7, 11) is 0. The summed E-state index contributed by atoms with van der Waals surface area (Å²) in [5.41, 5.74) is 8.01. The van der Waals surface area contributed by atoms with Crippen LogP contribution in [0.5, 0.6) is 11.5 Å². The standard InChI is InChI=1S/C23H30N4O3S/c1-2-29-22-16-20(8-9-21(22)30-15-12-27-10-13-28-14-11-27)17-25-26-23(24)31-18-19-6-4-3-5-7-19/h3-9,16-17H,2,10-15,18H2,1H3,(H2,24,26). The predicted molar refractivity (Wildman–Crippen MR) is 127 cm³/mol. The van der Waals surface area contributed by atoms with Crippen LogP contribution in [-0.2, 0) is 10.5 Å². The Kier molecular flexibility index (Phi) is 9.69. The smallest absolute Gasteiger partial charge is 0.180 e. The first-order valence-corrected chi connectivity index (χ1v) is 11.5. The lowest BCUT2D eigenvalue weighted by atomic mass is 10.2. The average molecular weight is 443 g/mol. The third-order valence-electron chi connectivity index (χ3n) is 4.63. The van der Waals surface area contributed by atoms with Gasteiger partial charge in [0.05, 0.1) is 26.0 Å². The summed E-state index contributed by atoms with van der Waals surface area (Å²) in [6.45, 7) is 7.45. The SMILES string of the molecule is CCOc1cc(C=NN=C(N)SCc2ccccc2)ccc1OCCN1CCOCC1. The predicted octanol–water partition coefficient (Wildman–Crippen LogP) is 3.38. The molecule has 1 aliphatic rings. The van der Waals surface area contributed by atoms with E-state index in [1.165, 1.54) is 17.3 Å². The van der Waals surface area contributed by atoms with Gasteiger partial charge < -0.3 is 19.9 Å². The molecule has 2 aromatic carbocycles. The first-order chi connectivity index (χ1) is 15.2. The maximum atomic E-state index is 5.96. The first-order valence-electron chi connectivity index (χ1n) is 10.5. The van der Waals surface area contributed by atoms with Crippen molar-refractivity contribution in [2.75, 3.05) is 46.1 Å². The van der Waals surface area contributed by atoms with Gasteiger partial charge in [-0.05, 0) is 36.2 Å². The van der Waals surface area contributed by atoms with Crippen LogP contribution < -0.4 is 15.2 Å². The summed E-state index contributed by atoms with van der Waals surface area (Å²) in [5.74, 6) is 2.19. The lowest BCUT2D eigenvalue weighted by Gasteiger charge is -2.26. The van der Waals surface area contributed by atoms with Gasteiger partial charge in [0.15, 0.2) is 16.7 Å². The molecule has 0 aliphatic carbocycles. The normalized spacial score (nSPS) is 15.3. The number of thioether (sulfide) groups is 1. The van der Waals surface area contributed by atoms with E-state index in [9.17, 15) is 0 Å². The van der Waals surface area contributed by atoms with Crippen molar-refractivity contribution >= 4 is 23.1 Å². The van der Waals surface area contributed by atoms with Crippen LogP contribution in [0, 0.1) is 0 Å². The minimum absolute atomic E-state index is 0.424. The van der Waals surface area contributed by atoms with Gasteiger partial charge in [0.25, 0.3) is 0 Å². The second-order valence-electron chi connectivity index (χ2n) is 6.90. The zero-order chi connectivity index (χ0) is 21.7. The molecule has 1 saturated heterocycles. The summed E-state index contributed by atoms with van der Waals surface area (Å²) in [6.07, 6.45) is 1.66. The molecule has 1 heterocycles. The molecule has 0 unspecified atom stereocenters. The molecule has 31 heavy (non-hydrogen) atoms. The number of nitrogens with two attached hydrogens (primary N) is 1. The maximum absolute atomic E-state index is 5.96. The molecule has 0 radical (unpaired) electrons. The summed E-state index contributed by atoms with van der Waals surface area (Å²) in [5, 5.41) is 8.61. The van der Waals surface area contributed by atoms with Crippen molar-refractivity contribution in [1.29, 1.82) is 0 Å². The van der Waals surface area contributed by atoms with Crippen molar-refractivity contribution in [1.82, 2.24) is 4.90 Å². The van der Waals surface area contributed by atoms with Crippen molar-refractivity contribution in [3.63, 3.8) is 0 Å². The summed E-state index contributed by atoms with van der Waals surface area (Å²) < 4.78 is 17.1. The lowest BCUT2D eigenvalue weighted by Crippen LogP contribution is -2.38. The second kappa shape index (κ2) is 13.0. The molecule has 166 valence electrons. The number of benzene rings is 2. The first kappa shape index (κ1) is 23.1. The van der Waals surface area contributed by atoms with E-state index in [0.29, 0.717) is 24.1 Å². The molecule has 1 aliphatic heterocycles. The van der Waals surface area contributed by atoms with Crippen molar-refractivity contribution in [2.24, 2.45) is 15.9 Å². The lowest BCUT2D eigenvalue weighted by molar-refractivity contribution is 0.0321. The van der Waals surface area contributed by atoms with E-state index >= 15 is 0 Å². The fraction of sp³-hybridized carbons (Fsp3) is 0.391. The van der Waals surface area contributed by atoms with Crippen LogP contribution >= 0.6 is 11.8 Å². The van der Waals surface area contributed by atoms with Crippen LogP contribution in [0.4, 0.5) is 0 Å². The van der Waals surface area contributed by atoms with Crippen LogP contribution in [-0.4, -0.2) is 62.3 Å². The molecule has 0 aromatic heterocycles. The number of rotatable bonds is 10. The van der Waals surface area contributed by atoms with Gasteiger partial charge in [-0.3, -0.25) is 4.90 Å². The molecule has 0 atom stereocenters. The van der Waals surface area contributed by atoms with E-state index < -0.39 is 0 Å². The van der Waals surface area contributed by atoms with E-state index in [1.807, 2.05) is 43.3 Å². The summed E-state index contributed by atoms with van der Waals surface area (Å²) >= 11 is 1.46. The molecule has 3 rings (SSSR count). The number of hydrogen-bond acceptors (Lipinski definition) is 7. The molecule has 0 bridgehead atoms. The number of morpholine rings is 1. The van der Waals surface area contributed by atoms with Gasteiger partial charge in [0, 0.05) is 25.4 Å². The van der Waals surface area contributed by atoms with Crippen molar-refractivity contribution in [3.05, 3.63) is 59.7 Å². The van der Waals surface area contributed by atoms with Crippen molar-refractivity contribution in [2.45, 2.75) is 12.7 Å². The summed E-state index contributed by atoms with van der Waals surface area (Å²) in [4.78, 5) is 2.34. The highest BCUT2D eigenvalue weighted by Gasteiger charge is 2.11. The van der Waals surface area contributed by atoms with E-state index in [2.05, 4.69) is 27.2 Å². The van der Waals surface area contributed by atoms with Crippen LogP contribution in [0.2, 0.25) is 0 Å². The third kappa shape index (κ3) is 8.24. The molecule has 0 amide bonds. The minimum Gasteiger partial charge on any atom is -0.490 e. The Hall–Kier alpha value is -2.55. The minimum atomic E-state index is 0.424. The van der Waals surface area contributed by atoms with Crippen LogP contribution in [0.15, 0.2) is 58.7 Å². The van der Waals surface area contributed by atoms with E-state index in [0.717, 1.165) is 49.9 Å². The monoisotopic (exact) mass is 442 g/mol. The number of nitrogens with zero attached hydrogens (tertiary/aromatic N) is 3. The molecular weight excluding hydrogens is 412 g/mol. The van der Waals surface area contributed by atoms with Crippen molar-refractivity contribution < 1.29 is 14.2 Å². The Labute approximate surface area is 188 Å². The highest BCUT2D eigenvalue weighted by molar-refractivity contribution is 8.13.